The third kappa shape index (κ3) is 2.63. The van der Waals surface area contributed by atoms with Crippen LogP contribution in [0, 0.1) is 11.3 Å². The van der Waals surface area contributed by atoms with Gasteiger partial charge in [-0.2, -0.15) is 5.26 Å². The van der Waals surface area contributed by atoms with Crippen LogP contribution in [0.25, 0.3) is 0 Å². The lowest BCUT2D eigenvalue weighted by Crippen LogP contribution is -2.36. The molecule has 0 aliphatic carbocycles. The Balaban J connectivity index is 1.77. The summed E-state index contributed by atoms with van der Waals surface area (Å²) in [6, 6.07) is 5.48. The van der Waals surface area contributed by atoms with E-state index < -0.39 is 0 Å². The molecule has 1 N–H and O–H groups in total. The first-order chi connectivity index (χ1) is 7.72. The molecule has 4 heteroatoms. The van der Waals surface area contributed by atoms with Crippen molar-refractivity contribution >= 4 is 0 Å². The highest BCUT2D eigenvalue weighted by Crippen LogP contribution is 2.23. The predicted octanol–water partition coefficient (Wildman–Crippen LogP) is 1.81. The van der Waals surface area contributed by atoms with Gasteiger partial charge in [0.2, 0.25) is 5.76 Å². The second kappa shape index (κ2) is 4.69. The van der Waals surface area contributed by atoms with Crippen molar-refractivity contribution in [2.75, 3.05) is 13.2 Å². The second-order valence-corrected chi connectivity index (χ2v) is 4.38. The van der Waals surface area contributed by atoms with Gasteiger partial charge in [-0.1, -0.05) is 0 Å². The topological polar surface area (TPSA) is 58.2 Å². The molecule has 2 heterocycles. The van der Waals surface area contributed by atoms with Gasteiger partial charge >= 0.3 is 0 Å². The van der Waals surface area contributed by atoms with Crippen LogP contribution in [0.1, 0.15) is 31.3 Å². The van der Waals surface area contributed by atoms with E-state index >= 15 is 0 Å². The SMILES string of the molecule is CC1(CNCc2ccc(C#N)o2)CCCO1. The van der Waals surface area contributed by atoms with Crippen molar-refractivity contribution in [2.45, 2.75) is 31.9 Å². The number of rotatable bonds is 4. The van der Waals surface area contributed by atoms with Gasteiger partial charge in [0.1, 0.15) is 11.8 Å². The van der Waals surface area contributed by atoms with Gasteiger partial charge in [0, 0.05) is 13.2 Å². The van der Waals surface area contributed by atoms with Crippen LogP contribution in [0.5, 0.6) is 0 Å². The zero-order chi connectivity index (χ0) is 11.4. The van der Waals surface area contributed by atoms with Gasteiger partial charge in [-0.15, -0.1) is 0 Å². The van der Waals surface area contributed by atoms with Gasteiger partial charge in [0.15, 0.2) is 0 Å². The summed E-state index contributed by atoms with van der Waals surface area (Å²) in [6.45, 7) is 4.43. The molecular weight excluding hydrogens is 204 g/mol. The minimum atomic E-state index is -0.0371. The van der Waals surface area contributed by atoms with Gasteiger partial charge in [-0.05, 0) is 31.9 Å². The molecule has 4 nitrogen and oxygen atoms in total. The Morgan fingerprint density at radius 2 is 2.44 bits per heavy atom. The van der Waals surface area contributed by atoms with Crippen LogP contribution in [-0.2, 0) is 11.3 Å². The van der Waals surface area contributed by atoms with Crippen molar-refractivity contribution in [2.24, 2.45) is 0 Å². The maximum Gasteiger partial charge on any atom is 0.203 e. The van der Waals surface area contributed by atoms with Gasteiger partial charge in [0.25, 0.3) is 0 Å². The number of nitrogens with zero attached hydrogens (tertiary/aromatic N) is 1. The normalized spacial score (nSPS) is 24.5. The van der Waals surface area contributed by atoms with Crippen molar-refractivity contribution in [3.8, 4) is 6.07 Å². The number of hydrogen-bond donors (Lipinski definition) is 1. The predicted molar refractivity (Wildman–Crippen MR) is 58.7 cm³/mol. The van der Waals surface area contributed by atoms with E-state index in [9.17, 15) is 0 Å². The standard InChI is InChI=1S/C12H16N2O2/c1-12(5-2-6-15-12)9-14-8-11-4-3-10(7-13)16-11/h3-4,14H,2,5-6,8-9H2,1H3. The Bertz CT molecular complexity index is 386. The lowest BCUT2D eigenvalue weighted by molar-refractivity contribution is 0.0204. The molecule has 1 aromatic heterocycles. The van der Waals surface area contributed by atoms with Crippen LogP contribution in [0.15, 0.2) is 16.5 Å². The zero-order valence-electron chi connectivity index (χ0n) is 9.45. The molecule has 0 spiro atoms. The molecule has 1 fully saturated rings. The van der Waals surface area contributed by atoms with E-state index in [1.165, 1.54) is 0 Å². The van der Waals surface area contributed by atoms with Crippen molar-refractivity contribution in [1.29, 1.82) is 5.26 Å². The maximum absolute atomic E-state index is 8.61. The summed E-state index contributed by atoms with van der Waals surface area (Å²) in [5.74, 6) is 1.15. The summed E-state index contributed by atoms with van der Waals surface area (Å²) < 4.78 is 10.9. The quantitative estimate of drug-likeness (QED) is 0.840. The first-order valence-corrected chi connectivity index (χ1v) is 5.55. The van der Waals surface area contributed by atoms with E-state index in [-0.39, 0.29) is 5.60 Å². The lowest BCUT2D eigenvalue weighted by Gasteiger charge is -2.23. The molecule has 0 aromatic carbocycles. The highest BCUT2D eigenvalue weighted by molar-refractivity contribution is 5.18. The van der Waals surface area contributed by atoms with E-state index in [1.807, 2.05) is 12.1 Å². The van der Waals surface area contributed by atoms with Gasteiger partial charge in [-0.3, -0.25) is 0 Å². The molecule has 0 radical (unpaired) electrons. The van der Waals surface area contributed by atoms with Crippen LogP contribution < -0.4 is 5.32 Å². The zero-order valence-corrected chi connectivity index (χ0v) is 9.45. The highest BCUT2D eigenvalue weighted by Gasteiger charge is 2.28. The maximum atomic E-state index is 8.61. The minimum Gasteiger partial charge on any atom is -0.449 e. The number of nitrogens with one attached hydrogen (secondary N) is 1. The molecule has 0 amide bonds. The largest absolute Gasteiger partial charge is 0.449 e. The summed E-state index contributed by atoms with van der Waals surface area (Å²) in [5.41, 5.74) is -0.0371. The van der Waals surface area contributed by atoms with E-state index in [2.05, 4.69) is 12.2 Å². The van der Waals surface area contributed by atoms with Gasteiger partial charge in [0.05, 0.1) is 12.1 Å². The Morgan fingerprint density at radius 1 is 1.56 bits per heavy atom. The fourth-order valence-corrected chi connectivity index (χ4v) is 1.96. The van der Waals surface area contributed by atoms with E-state index in [0.29, 0.717) is 12.3 Å². The third-order valence-corrected chi connectivity index (χ3v) is 2.87. The van der Waals surface area contributed by atoms with Crippen molar-refractivity contribution in [3.63, 3.8) is 0 Å². The fourth-order valence-electron chi connectivity index (χ4n) is 1.96. The first kappa shape index (κ1) is 11.2. The molecule has 1 unspecified atom stereocenters. The van der Waals surface area contributed by atoms with Crippen LogP contribution in [-0.4, -0.2) is 18.8 Å². The number of furan rings is 1. The summed E-state index contributed by atoms with van der Waals surface area (Å²) in [5, 5.41) is 11.9. The molecule has 0 bridgehead atoms. The molecule has 0 saturated carbocycles. The van der Waals surface area contributed by atoms with Crippen LogP contribution in [0.4, 0.5) is 0 Å². The van der Waals surface area contributed by atoms with Gasteiger partial charge in [-0.25, -0.2) is 0 Å². The molecule has 1 saturated heterocycles. The molecular formula is C12H16N2O2. The Hall–Kier alpha value is -1.31. The molecule has 1 aromatic rings. The smallest absolute Gasteiger partial charge is 0.203 e. The van der Waals surface area contributed by atoms with E-state index in [0.717, 1.165) is 31.8 Å². The van der Waals surface area contributed by atoms with E-state index in [1.54, 1.807) is 6.07 Å². The van der Waals surface area contributed by atoms with E-state index in [4.69, 9.17) is 14.4 Å². The molecule has 1 aliphatic rings. The lowest BCUT2D eigenvalue weighted by atomic mass is 10.0. The van der Waals surface area contributed by atoms with Gasteiger partial charge < -0.3 is 14.5 Å². The van der Waals surface area contributed by atoms with Crippen molar-refractivity contribution in [1.82, 2.24) is 5.32 Å². The monoisotopic (exact) mass is 220 g/mol. The fraction of sp³-hybridized carbons (Fsp3) is 0.583. The second-order valence-electron chi connectivity index (χ2n) is 4.38. The minimum absolute atomic E-state index is 0.0371. The van der Waals surface area contributed by atoms with Crippen molar-refractivity contribution < 1.29 is 9.15 Å². The third-order valence-electron chi connectivity index (χ3n) is 2.87. The Morgan fingerprint density at radius 3 is 3.06 bits per heavy atom. The molecule has 2 rings (SSSR count). The summed E-state index contributed by atoms with van der Waals surface area (Å²) in [6.07, 6.45) is 2.24. The first-order valence-electron chi connectivity index (χ1n) is 5.55. The van der Waals surface area contributed by atoms with Crippen LogP contribution in [0.2, 0.25) is 0 Å². The summed E-state index contributed by atoms with van der Waals surface area (Å²) >= 11 is 0. The number of nitriles is 1. The van der Waals surface area contributed by atoms with Crippen LogP contribution >= 0.6 is 0 Å². The molecule has 1 atom stereocenters. The van der Waals surface area contributed by atoms with Crippen LogP contribution in [0.3, 0.4) is 0 Å². The Labute approximate surface area is 95.2 Å². The average Bonchev–Trinajstić information content (AvgIpc) is 2.88. The van der Waals surface area contributed by atoms with Crippen molar-refractivity contribution in [3.05, 3.63) is 23.7 Å². The summed E-state index contributed by atoms with van der Waals surface area (Å²) in [7, 11) is 0. The number of ether oxygens (including phenoxy) is 1. The highest BCUT2D eigenvalue weighted by atomic mass is 16.5. The molecule has 86 valence electrons. The summed E-state index contributed by atoms with van der Waals surface area (Å²) in [4.78, 5) is 0. The molecule has 1 aliphatic heterocycles. The number of hydrogen-bond acceptors (Lipinski definition) is 4. The average molecular weight is 220 g/mol. The molecule has 16 heavy (non-hydrogen) atoms. The Kier molecular flexibility index (Phi) is 3.28.